The number of nitrogens with two attached hydrogens (primary N) is 1. The summed E-state index contributed by atoms with van der Waals surface area (Å²) in [7, 11) is 0. The van der Waals surface area contributed by atoms with E-state index < -0.39 is 0 Å². The zero-order valence-electron chi connectivity index (χ0n) is 10.0. The second kappa shape index (κ2) is 5.64. The normalized spacial score (nSPS) is 24.7. The fourth-order valence-corrected chi connectivity index (χ4v) is 2.74. The van der Waals surface area contributed by atoms with Crippen molar-refractivity contribution in [1.82, 2.24) is 9.91 Å². The molecule has 0 bridgehead atoms. The van der Waals surface area contributed by atoms with E-state index in [2.05, 4.69) is 0 Å². The standard InChI is InChI=1S/C12H23N3O/c13-15-8-6-14(7-9-15)12(16)10-11-4-2-1-3-5-11/h11H,1-10,13H2. The van der Waals surface area contributed by atoms with Crippen molar-refractivity contribution >= 4 is 5.91 Å². The molecule has 1 saturated heterocycles. The lowest BCUT2D eigenvalue weighted by molar-refractivity contribution is -0.134. The van der Waals surface area contributed by atoms with Crippen molar-refractivity contribution < 1.29 is 4.79 Å². The summed E-state index contributed by atoms with van der Waals surface area (Å²) >= 11 is 0. The molecule has 0 unspecified atom stereocenters. The zero-order chi connectivity index (χ0) is 11.4. The van der Waals surface area contributed by atoms with Gasteiger partial charge in [0.05, 0.1) is 0 Å². The predicted octanol–water partition coefficient (Wildman–Crippen LogP) is 0.975. The van der Waals surface area contributed by atoms with Crippen LogP contribution in [0.4, 0.5) is 0 Å². The summed E-state index contributed by atoms with van der Waals surface area (Å²) in [6.07, 6.45) is 7.26. The van der Waals surface area contributed by atoms with Gasteiger partial charge in [0, 0.05) is 32.6 Å². The lowest BCUT2D eigenvalue weighted by Gasteiger charge is -2.33. The molecule has 0 aromatic rings. The van der Waals surface area contributed by atoms with Gasteiger partial charge in [-0.25, -0.2) is 5.01 Å². The van der Waals surface area contributed by atoms with E-state index in [-0.39, 0.29) is 0 Å². The number of carbonyl (C=O) groups is 1. The van der Waals surface area contributed by atoms with Gasteiger partial charge in [-0.15, -0.1) is 0 Å². The zero-order valence-corrected chi connectivity index (χ0v) is 10.0. The highest BCUT2D eigenvalue weighted by molar-refractivity contribution is 5.76. The molecule has 0 aromatic carbocycles. The molecule has 2 rings (SSSR count). The fraction of sp³-hybridized carbons (Fsp3) is 0.917. The second-order valence-electron chi connectivity index (χ2n) is 5.12. The van der Waals surface area contributed by atoms with Gasteiger partial charge in [-0.2, -0.15) is 0 Å². The van der Waals surface area contributed by atoms with Crippen LogP contribution in [0.25, 0.3) is 0 Å². The Morgan fingerprint density at radius 1 is 1.06 bits per heavy atom. The predicted molar refractivity (Wildman–Crippen MR) is 63.5 cm³/mol. The minimum absolute atomic E-state index is 0.347. The van der Waals surface area contributed by atoms with Gasteiger partial charge in [0.2, 0.25) is 5.91 Å². The van der Waals surface area contributed by atoms with Gasteiger partial charge >= 0.3 is 0 Å². The van der Waals surface area contributed by atoms with Gasteiger partial charge in [0.15, 0.2) is 0 Å². The minimum Gasteiger partial charge on any atom is -0.340 e. The van der Waals surface area contributed by atoms with Crippen LogP contribution in [0.5, 0.6) is 0 Å². The van der Waals surface area contributed by atoms with Crippen LogP contribution in [-0.4, -0.2) is 42.0 Å². The maximum absolute atomic E-state index is 12.0. The van der Waals surface area contributed by atoms with Crippen LogP contribution in [-0.2, 0) is 4.79 Å². The second-order valence-corrected chi connectivity index (χ2v) is 5.12. The number of nitrogens with zero attached hydrogens (tertiary/aromatic N) is 2. The molecule has 16 heavy (non-hydrogen) atoms. The van der Waals surface area contributed by atoms with Crippen molar-refractivity contribution in [3.8, 4) is 0 Å². The average Bonchev–Trinajstić information content (AvgIpc) is 2.31. The van der Waals surface area contributed by atoms with Crippen molar-refractivity contribution in [3.63, 3.8) is 0 Å². The first-order valence-corrected chi connectivity index (χ1v) is 6.53. The Balaban J connectivity index is 1.74. The Kier molecular flexibility index (Phi) is 4.18. The van der Waals surface area contributed by atoms with Crippen molar-refractivity contribution in [3.05, 3.63) is 0 Å². The summed E-state index contributed by atoms with van der Waals surface area (Å²) in [6.45, 7) is 3.25. The van der Waals surface area contributed by atoms with Gasteiger partial charge in [0.25, 0.3) is 0 Å². The summed E-state index contributed by atoms with van der Waals surface area (Å²) < 4.78 is 0. The van der Waals surface area contributed by atoms with Crippen LogP contribution < -0.4 is 5.84 Å². The molecule has 2 N–H and O–H groups in total. The molecule has 0 atom stereocenters. The highest BCUT2D eigenvalue weighted by Crippen LogP contribution is 2.26. The van der Waals surface area contributed by atoms with E-state index in [1.54, 1.807) is 5.01 Å². The van der Waals surface area contributed by atoms with Crippen LogP contribution in [0.1, 0.15) is 38.5 Å². The van der Waals surface area contributed by atoms with E-state index in [9.17, 15) is 4.79 Å². The molecule has 92 valence electrons. The fourth-order valence-electron chi connectivity index (χ4n) is 2.74. The molecule has 2 fully saturated rings. The molecule has 0 spiro atoms. The molecule has 0 aromatic heterocycles. The van der Waals surface area contributed by atoms with Gasteiger partial charge in [-0.1, -0.05) is 19.3 Å². The Hall–Kier alpha value is -0.610. The van der Waals surface area contributed by atoms with Gasteiger partial charge < -0.3 is 4.90 Å². The molecule has 1 aliphatic heterocycles. The third-order valence-corrected chi connectivity index (χ3v) is 3.86. The quantitative estimate of drug-likeness (QED) is 0.713. The number of piperazine rings is 1. The van der Waals surface area contributed by atoms with E-state index in [0.29, 0.717) is 11.8 Å². The van der Waals surface area contributed by atoms with Gasteiger partial charge in [0.1, 0.15) is 0 Å². The van der Waals surface area contributed by atoms with E-state index in [0.717, 1.165) is 32.6 Å². The number of carbonyl (C=O) groups excluding carboxylic acids is 1. The first kappa shape index (κ1) is 11.9. The number of hydrazine groups is 1. The van der Waals surface area contributed by atoms with Gasteiger partial charge in [-0.3, -0.25) is 10.6 Å². The molecule has 4 nitrogen and oxygen atoms in total. The number of rotatable bonds is 2. The summed E-state index contributed by atoms with van der Waals surface area (Å²) in [5.41, 5.74) is 0. The Morgan fingerprint density at radius 2 is 1.69 bits per heavy atom. The first-order chi connectivity index (χ1) is 7.75. The number of amides is 1. The molecule has 0 radical (unpaired) electrons. The molecule has 2 aliphatic rings. The van der Waals surface area contributed by atoms with E-state index in [4.69, 9.17) is 5.84 Å². The highest BCUT2D eigenvalue weighted by Gasteiger charge is 2.23. The van der Waals surface area contributed by atoms with E-state index in [1.165, 1.54) is 32.1 Å². The van der Waals surface area contributed by atoms with Crippen LogP contribution in [0.2, 0.25) is 0 Å². The summed E-state index contributed by atoms with van der Waals surface area (Å²) in [5.74, 6) is 6.67. The molecule has 1 saturated carbocycles. The SMILES string of the molecule is NN1CCN(C(=O)CC2CCCCC2)CC1. The maximum Gasteiger partial charge on any atom is 0.222 e. The van der Waals surface area contributed by atoms with Crippen molar-refractivity contribution in [2.24, 2.45) is 11.8 Å². The van der Waals surface area contributed by atoms with Crippen LogP contribution in [0.3, 0.4) is 0 Å². The highest BCUT2D eigenvalue weighted by atomic mass is 16.2. The number of hydrogen-bond donors (Lipinski definition) is 1. The van der Waals surface area contributed by atoms with Crippen LogP contribution in [0, 0.1) is 5.92 Å². The molecule has 4 heteroatoms. The van der Waals surface area contributed by atoms with Gasteiger partial charge in [-0.05, 0) is 18.8 Å². The van der Waals surface area contributed by atoms with Crippen molar-refractivity contribution in [1.29, 1.82) is 0 Å². The monoisotopic (exact) mass is 225 g/mol. The van der Waals surface area contributed by atoms with Crippen molar-refractivity contribution in [2.75, 3.05) is 26.2 Å². The largest absolute Gasteiger partial charge is 0.340 e. The van der Waals surface area contributed by atoms with Crippen LogP contribution in [0.15, 0.2) is 0 Å². The third kappa shape index (κ3) is 3.19. The molecular weight excluding hydrogens is 202 g/mol. The average molecular weight is 225 g/mol. The Bertz CT molecular complexity index is 230. The third-order valence-electron chi connectivity index (χ3n) is 3.86. The summed E-state index contributed by atoms with van der Waals surface area (Å²) in [5, 5.41) is 1.80. The molecular formula is C12H23N3O. The van der Waals surface area contributed by atoms with E-state index in [1.807, 2.05) is 4.90 Å². The van der Waals surface area contributed by atoms with E-state index >= 15 is 0 Å². The topological polar surface area (TPSA) is 49.6 Å². The lowest BCUT2D eigenvalue weighted by atomic mass is 9.86. The molecule has 1 amide bonds. The Labute approximate surface area is 97.7 Å². The first-order valence-electron chi connectivity index (χ1n) is 6.53. The minimum atomic E-state index is 0.347. The Morgan fingerprint density at radius 3 is 2.31 bits per heavy atom. The molecule has 1 aliphatic carbocycles. The summed E-state index contributed by atoms with van der Waals surface area (Å²) in [6, 6.07) is 0. The lowest BCUT2D eigenvalue weighted by Crippen LogP contribution is -2.51. The maximum atomic E-state index is 12.0. The summed E-state index contributed by atoms with van der Waals surface area (Å²) in [4.78, 5) is 14.0. The van der Waals surface area contributed by atoms with Crippen molar-refractivity contribution in [2.45, 2.75) is 38.5 Å². The number of hydrogen-bond acceptors (Lipinski definition) is 3. The van der Waals surface area contributed by atoms with Crippen LogP contribution >= 0.6 is 0 Å². The molecule has 1 heterocycles. The smallest absolute Gasteiger partial charge is 0.222 e.